The van der Waals surface area contributed by atoms with Gasteiger partial charge < -0.3 is 9.47 Å². The molecule has 1 atom stereocenters. The number of benzene rings is 2. The van der Waals surface area contributed by atoms with Crippen LogP contribution in [0.25, 0.3) is 10.8 Å². The first-order valence-electron chi connectivity index (χ1n) is 6.51. The third kappa shape index (κ3) is 2.27. The lowest BCUT2D eigenvalue weighted by atomic mass is 9.92. The number of rotatable bonds is 3. The average molecular weight is 273 g/mol. The second-order valence-electron chi connectivity index (χ2n) is 5.03. The summed E-state index contributed by atoms with van der Waals surface area (Å²) in [5.74, 6) is 1.53. The van der Waals surface area contributed by atoms with Crippen LogP contribution in [0.2, 0.25) is 0 Å². The van der Waals surface area contributed by atoms with Gasteiger partial charge >= 0.3 is 0 Å². The zero-order valence-corrected chi connectivity index (χ0v) is 11.2. The van der Waals surface area contributed by atoms with E-state index in [-0.39, 0.29) is 17.4 Å². The van der Waals surface area contributed by atoms with Crippen LogP contribution < -0.4 is 9.47 Å². The number of hydrogen-bond acceptors (Lipinski definition) is 4. The van der Waals surface area contributed by atoms with E-state index in [4.69, 9.17) is 9.47 Å². The summed E-state index contributed by atoms with van der Waals surface area (Å²) < 4.78 is 10.9. The van der Waals surface area contributed by atoms with Crippen LogP contribution in [0.5, 0.6) is 11.5 Å². The van der Waals surface area contributed by atoms with E-state index in [1.54, 1.807) is 7.11 Å². The average Bonchev–Trinajstić information content (AvgIpc) is 2.46. The fourth-order valence-electron chi connectivity index (χ4n) is 2.70. The van der Waals surface area contributed by atoms with Gasteiger partial charge in [0, 0.05) is 10.5 Å². The minimum absolute atomic E-state index is 0.0558. The Morgan fingerprint density at radius 2 is 2.20 bits per heavy atom. The molecule has 2 aromatic rings. The van der Waals surface area contributed by atoms with Gasteiger partial charge in [-0.1, -0.05) is 12.1 Å². The quantitative estimate of drug-likeness (QED) is 0.637. The molecule has 0 saturated carbocycles. The van der Waals surface area contributed by atoms with Gasteiger partial charge in [0.15, 0.2) is 0 Å². The Kier molecular flexibility index (Phi) is 3.18. The summed E-state index contributed by atoms with van der Waals surface area (Å²) in [7, 11) is 1.63. The fourth-order valence-corrected chi connectivity index (χ4v) is 2.70. The predicted octanol–water partition coefficient (Wildman–Crippen LogP) is 2.68. The molecule has 0 saturated heterocycles. The molecule has 0 fully saturated rings. The number of hydrogen-bond donors (Lipinski definition) is 0. The smallest absolute Gasteiger partial charge is 0.210 e. The molecule has 3 rings (SSSR count). The molecule has 1 aliphatic rings. The molecule has 104 valence electrons. The number of fused-ring (bicyclic) bond motifs is 3. The Morgan fingerprint density at radius 1 is 1.40 bits per heavy atom. The summed E-state index contributed by atoms with van der Waals surface area (Å²) in [5.41, 5.74) is 1.04. The van der Waals surface area contributed by atoms with Crippen molar-refractivity contribution < 1.29 is 14.4 Å². The van der Waals surface area contributed by atoms with Gasteiger partial charge in [-0.3, -0.25) is 10.1 Å². The van der Waals surface area contributed by atoms with Crippen molar-refractivity contribution in [2.24, 2.45) is 5.92 Å². The highest BCUT2D eigenvalue weighted by molar-refractivity contribution is 5.89. The van der Waals surface area contributed by atoms with Crippen molar-refractivity contribution in [3.05, 3.63) is 46.0 Å². The summed E-state index contributed by atoms with van der Waals surface area (Å²) in [6, 6.07) is 9.80. The largest absolute Gasteiger partial charge is 0.497 e. The summed E-state index contributed by atoms with van der Waals surface area (Å²) in [4.78, 5) is 10.4. The second kappa shape index (κ2) is 5.00. The highest BCUT2D eigenvalue weighted by atomic mass is 16.6. The van der Waals surface area contributed by atoms with Crippen LogP contribution in [0.1, 0.15) is 5.56 Å². The van der Waals surface area contributed by atoms with E-state index in [9.17, 15) is 10.1 Å². The molecule has 0 radical (unpaired) electrons. The monoisotopic (exact) mass is 273 g/mol. The molecule has 1 aliphatic heterocycles. The molecule has 0 aliphatic carbocycles. The van der Waals surface area contributed by atoms with Crippen molar-refractivity contribution in [3.63, 3.8) is 0 Å². The molecule has 5 heteroatoms. The van der Waals surface area contributed by atoms with E-state index in [0.29, 0.717) is 13.0 Å². The second-order valence-corrected chi connectivity index (χ2v) is 5.03. The first-order chi connectivity index (χ1) is 9.67. The van der Waals surface area contributed by atoms with Gasteiger partial charge in [0.1, 0.15) is 11.5 Å². The summed E-state index contributed by atoms with van der Waals surface area (Å²) in [6.45, 7) is 0.350. The van der Waals surface area contributed by atoms with Crippen LogP contribution in [-0.4, -0.2) is 25.2 Å². The summed E-state index contributed by atoms with van der Waals surface area (Å²) in [5, 5.41) is 12.8. The lowest BCUT2D eigenvalue weighted by Crippen LogP contribution is -2.27. The van der Waals surface area contributed by atoms with E-state index < -0.39 is 0 Å². The minimum Gasteiger partial charge on any atom is -0.497 e. The first-order valence-corrected chi connectivity index (χ1v) is 6.51. The maximum atomic E-state index is 10.7. The zero-order chi connectivity index (χ0) is 14.1. The number of nitro groups is 1. The molecule has 0 aromatic heterocycles. The molecule has 0 spiro atoms. The van der Waals surface area contributed by atoms with Crippen molar-refractivity contribution >= 4 is 10.8 Å². The van der Waals surface area contributed by atoms with Crippen molar-refractivity contribution in [2.45, 2.75) is 6.42 Å². The Morgan fingerprint density at radius 3 is 2.95 bits per heavy atom. The van der Waals surface area contributed by atoms with Crippen LogP contribution in [0.4, 0.5) is 0 Å². The van der Waals surface area contributed by atoms with Gasteiger partial charge in [-0.05, 0) is 35.4 Å². The Hall–Kier alpha value is -2.30. The SMILES string of the molecule is COc1ccc2ccc3c(c2c1)CC(C[N+](=O)[O-])CO3. The van der Waals surface area contributed by atoms with E-state index in [2.05, 4.69) is 0 Å². The molecule has 0 bridgehead atoms. The number of ether oxygens (including phenoxy) is 2. The van der Waals surface area contributed by atoms with Gasteiger partial charge in [-0.25, -0.2) is 0 Å². The Bertz CT molecular complexity index is 663. The standard InChI is InChI=1S/C15H15NO4/c1-19-12-4-2-11-3-5-15-14(13(11)7-12)6-10(9-20-15)8-16(17)18/h2-5,7,10H,6,8-9H2,1H3. The third-order valence-electron chi connectivity index (χ3n) is 3.67. The van der Waals surface area contributed by atoms with Crippen LogP contribution in [-0.2, 0) is 6.42 Å². The van der Waals surface area contributed by atoms with Crippen molar-refractivity contribution in [1.29, 1.82) is 0 Å². The van der Waals surface area contributed by atoms with Gasteiger partial charge in [-0.2, -0.15) is 0 Å². The van der Waals surface area contributed by atoms with Gasteiger partial charge in [-0.15, -0.1) is 0 Å². The van der Waals surface area contributed by atoms with Gasteiger partial charge in [0.05, 0.1) is 19.6 Å². The van der Waals surface area contributed by atoms with E-state index >= 15 is 0 Å². The molecule has 0 amide bonds. The number of methoxy groups -OCH3 is 1. The van der Waals surface area contributed by atoms with Crippen LogP contribution in [0, 0.1) is 16.0 Å². The Labute approximate surface area is 116 Å². The molecule has 1 heterocycles. The van der Waals surface area contributed by atoms with E-state index in [1.807, 2.05) is 30.3 Å². The molecule has 5 nitrogen and oxygen atoms in total. The third-order valence-corrected chi connectivity index (χ3v) is 3.67. The highest BCUT2D eigenvalue weighted by Crippen LogP contribution is 2.35. The van der Waals surface area contributed by atoms with Crippen LogP contribution in [0.3, 0.4) is 0 Å². The van der Waals surface area contributed by atoms with E-state index in [1.165, 1.54) is 0 Å². The fraction of sp³-hybridized carbons (Fsp3) is 0.333. The van der Waals surface area contributed by atoms with Gasteiger partial charge in [0.25, 0.3) is 0 Å². The molecular weight excluding hydrogens is 258 g/mol. The summed E-state index contributed by atoms with van der Waals surface area (Å²) >= 11 is 0. The maximum absolute atomic E-state index is 10.7. The molecule has 0 N–H and O–H groups in total. The van der Waals surface area contributed by atoms with Crippen molar-refractivity contribution in [2.75, 3.05) is 20.3 Å². The van der Waals surface area contributed by atoms with Crippen molar-refractivity contribution in [3.8, 4) is 11.5 Å². The highest BCUT2D eigenvalue weighted by Gasteiger charge is 2.25. The molecule has 20 heavy (non-hydrogen) atoms. The maximum Gasteiger partial charge on any atom is 0.210 e. The lowest BCUT2D eigenvalue weighted by Gasteiger charge is -2.24. The molecule has 2 aromatic carbocycles. The normalized spacial score (nSPS) is 17.4. The molecular formula is C15H15NO4. The van der Waals surface area contributed by atoms with Crippen LogP contribution >= 0.6 is 0 Å². The van der Waals surface area contributed by atoms with E-state index in [0.717, 1.165) is 27.8 Å². The Balaban J connectivity index is 2.04. The topological polar surface area (TPSA) is 61.6 Å². The first kappa shape index (κ1) is 12.7. The lowest BCUT2D eigenvalue weighted by molar-refractivity contribution is -0.488. The van der Waals surface area contributed by atoms with Gasteiger partial charge in [0.2, 0.25) is 6.54 Å². The summed E-state index contributed by atoms with van der Waals surface area (Å²) in [6.07, 6.45) is 0.667. The number of nitrogens with zero attached hydrogens (tertiary/aromatic N) is 1. The minimum atomic E-state index is -0.273. The van der Waals surface area contributed by atoms with Crippen molar-refractivity contribution in [1.82, 2.24) is 0 Å². The zero-order valence-electron chi connectivity index (χ0n) is 11.2. The molecule has 1 unspecified atom stereocenters. The van der Waals surface area contributed by atoms with Crippen LogP contribution in [0.15, 0.2) is 30.3 Å². The predicted molar refractivity (Wildman–Crippen MR) is 75.1 cm³/mol.